The van der Waals surface area contributed by atoms with Crippen LogP contribution in [0.15, 0.2) is 35.5 Å². The van der Waals surface area contributed by atoms with E-state index in [4.69, 9.17) is 9.47 Å². The Hall–Kier alpha value is -2.13. The van der Waals surface area contributed by atoms with Crippen molar-refractivity contribution in [3.63, 3.8) is 0 Å². The normalized spacial score (nSPS) is 18.1. The van der Waals surface area contributed by atoms with Crippen LogP contribution >= 0.6 is 0 Å². The topological polar surface area (TPSA) is 82.5 Å². The molecule has 124 valence electrons. The average Bonchev–Trinajstić information content (AvgIpc) is 3.17. The molecule has 0 bridgehead atoms. The second kappa shape index (κ2) is 6.17. The quantitative estimate of drug-likeness (QED) is 0.897. The van der Waals surface area contributed by atoms with Crippen LogP contribution in [0.4, 0.5) is 10.1 Å². The number of anilines is 1. The fourth-order valence-electron chi connectivity index (χ4n) is 2.35. The molecule has 0 radical (unpaired) electrons. The smallest absolute Gasteiger partial charge is 0.262 e. The van der Waals surface area contributed by atoms with Gasteiger partial charge in [0.05, 0.1) is 36.5 Å². The van der Waals surface area contributed by atoms with Gasteiger partial charge >= 0.3 is 0 Å². The van der Waals surface area contributed by atoms with Crippen molar-refractivity contribution >= 4 is 15.7 Å². The van der Waals surface area contributed by atoms with Gasteiger partial charge in [0.15, 0.2) is 11.6 Å². The van der Waals surface area contributed by atoms with E-state index >= 15 is 0 Å². The molecule has 1 unspecified atom stereocenters. The summed E-state index contributed by atoms with van der Waals surface area (Å²) < 4.78 is 52.4. The molecule has 1 aromatic carbocycles. The van der Waals surface area contributed by atoms with E-state index in [-0.39, 0.29) is 16.7 Å². The lowest BCUT2D eigenvalue weighted by Crippen LogP contribution is -2.13. The molecule has 0 aliphatic carbocycles. The number of hydrogen-bond acceptors (Lipinski definition) is 5. The van der Waals surface area contributed by atoms with Gasteiger partial charge in [0.1, 0.15) is 0 Å². The molecule has 0 saturated carbocycles. The van der Waals surface area contributed by atoms with Crippen LogP contribution in [0.5, 0.6) is 5.75 Å². The van der Waals surface area contributed by atoms with Crippen molar-refractivity contribution in [1.82, 2.24) is 9.78 Å². The van der Waals surface area contributed by atoms with Crippen LogP contribution in [0.2, 0.25) is 0 Å². The zero-order chi connectivity index (χ0) is 16.4. The van der Waals surface area contributed by atoms with Gasteiger partial charge in [-0.15, -0.1) is 0 Å². The molecule has 23 heavy (non-hydrogen) atoms. The van der Waals surface area contributed by atoms with Gasteiger partial charge in [-0.2, -0.15) is 5.10 Å². The monoisotopic (exact) mass is 341 g/mol. The van der Waals surface area contributed by atoms with Gasteiger partial charge in [-0.25, -0.2) is 12.8 Å². The van der Waals surface area contributed by atoms with Crippen molar-refractivity contribution in [3.8, 4) is 5.75 Å². The van der Waals surface area contributed by atoms with Gasteiger partial charge in [-0.1, -0.05) is 0 Å². The minimum absolute atomic E-state index is 0.0157. The zero-order valence-electron chi connectivity index (χ0n) is 12.4. The minimum Gasteiger partial charge on any atom is -0.494 e. The van der Waals surface area contributed by atoms with Crippen LogP contribution in [0, 0.1) is 5.82 Å². The highest BCUT2D eigenvalue weighted by Crippen LogP contribution is 2.24. The van der Waals surface area contributed by atoms with E-state index in [1.165, 1.54) is 25.4 Å². The lowest BCUT2D eigenvalue weighted by atomic mass is 10.3. The summed E-state index contributed by atoms with van der Waals surface area (Å²) in [7, 11) is -2.59. The number of aromatic nitrogens is 2. The van der Waals surface area contributed by atoms with E-state index in [1.807, 2.05) is 0 Å². The molecule has 1 aromatic heterocycles. The molecular weight excluding hydrogens is 325 g/mol. The van der Waals surface area contributed by atoms with Crippen molar-refractivity contribution in [2.24, 2.45) is 0 Å². The van der Waals surface area contributed by atoms with E-state index < -0.39 is 15.8 Å². The average molecular weight is 341 g/mol. The Balaban J connectivity index is 1.79. The van der Waals surface area contributed by atoms with Gasteiger partial charge in [0.2, 0.25) is 0 Å². The van der Waals surface area contributed by atoms with E-state index in [0.717, 1.165) is 12.5 Å². The number of nitrogens with one attached hydrogen (secondary N) is 1. The zero-order valence-corrected chi connectivity index (χ0v) is 13.2. The number of nitrogens with zero attached hydrogens (tertiary/aromatic N) is 2. The Kier molecular flexibility index (Phi) is 4.22. The molecule has 1 aliphatic heterocycles. The van der Waals surface area contributed by atoms with Crippen molar-refractivity contribution < 1.29 is 22.3 Å². The van der Waals surface area contributed by atoms with Crippen molar-refractivity contribution in [2.45, 2.75) is 17.4 Å². The molecule has 1 aliphatic rings. The lowest BCUT2D eigenvalue weighted by Gasteiger charge is -2.08. The molecule has 2 aromatic rings. The summed E-state index contributed by atoms with van der Waals surface area (Å²) in [6.07, 6.45) is 3.84. The first-order valence-electron chi connectivity index (χ1n) is 6.98. The van der Waals surface area contributed by atoms with E-state index in [1.54, 1.807) is 10.9 Å². The maximum atomic E-state index is 13.7. The fourth-order valence-corrected chi connectivity index (χ4v) is 3.39. The molecule has 1 atom stereocenters. The standard InChI is InChI=1S/C14H16FN3O4S/c1-21-14-3-2-12(6-13(14)15)23(19,20)17-10-7-16-18(8-10)11-4-5-22-9-11/h2-3,6-8,11,17H,4-5,9H2,1H3. The highest BCUT2D eigenvalue weighted by atomic mass is 32.2. The summed E-state index contributed by atoms with van der Waals surface area (Å²) in [4.78, 5) is -0.187. The second-order valence-corrected chi connectivity index (χ2v) is 6.81. The Morgan fingerprint density at radius 1 is 1.48 bits per heavy atom. The third kappa shape index (κ3) is 3.30. The molecular formula is C14H16FN3O4S. The molecule has 0 spiro atoms. The van der Waals surface area contributed by atoms with Crippen LogP contribution in [0.25, 0.3) is 0 Å². The molecule has 0 amide bonds. The molecule has 1 fully saturated rings. The molecule has 1 saturated heterocycles. The number of sulfonamides is 1. The summed E-state index contributed by atoms with van der Waals surface area (Å²) in [6.45, 7) is 1.22. The first-order valence-corrected chi connectivity index (χ1v) is 8.46. The van der Waals surface area contributed by atoms with E-state index in [2.05, 4.69) is 9.82 Å². The van der Waals surface area contributed by atoms with Crippen LogP contribution < -0.4 is 9.46 Å². The predicted molar refractivity (Wildman–Crippen MR) is 80.5 cm³/mol. The van der Waals surface area contributed by atoms with Gasteiger partial charge in [-0.3, -0.25) is 9.40 Å². The maximum absolute atomic E-state index is 13.7. The Labute approximate surface area is 133 Å². The summed E-state index contributed by atoms with van der Waals surface area (Å²) in [6, 6.07) is 3.56. The van der Waals surface area contributed by atoms with Gasteiger partial charge < -0.3 is 9.47 Å². The van der Waals surface area contributed by atoms with Crippen LogP contribution in [-0.4, -0.2) is 38.5 Å². The Bertz CT molecular complexity index is 800. The van der Waals surface area contributed by atoms with Crippen molar-refractivity contribution in [2.75, 3.05) is 25.0 Å². The Morgan fingerprint density at radius 2 is 2.30 bits per heavy atom. The number of benzene rings is 1. The number of ether oxygens (including phenoxy) is 2. The molecule has 9 heteroatoms. The number of methoxy groups -OCH3 is 1. The van der Waals surface area contributed by atoms with Crippen molar-refractivity contribution in [3.05, 3.63) is 36.4 Å². The molecule has 1 N–H and O–H groups in total. The van der Waals surface area contributed by atoms with Crippen molar-refractivity contribution in [1.29, 1.82) is 0 Å². The molecule has 7 nitrogen and oxygen atoms in total. The number of hydrogen-bond donors (Lipinski definition) is 1. The summed E-state index contributed by atoms with van der Waals surface area (Å²) in [5.41, 5.74) is 0.313. The third-order valence-electron chi connectivity index (χ3n) is 3.57. The van der Waals surface area contributed by atoms with E-state index in [0.29, 0.717) is 18.9 Å². The van der Waals surface area contributed by atoms with Crippen LogP contribution in [0.3, 0.4) is 0 Å². The first-order chi connectivity index (χ1) is 11.0. The number of rotatable bonds is 5. The summed E-state index contributed by atoms with van der Waals surface area (Å²) >= 11 is 0. The fraction of sp³-hybridized carbons (Fsp3) is 0.357. The van der Waals surface area contributed by atoms with Crippen LogP contribution in [-0.2, 0) is 14.8 Å². The van der Waals surface area contributed by atoms with Gasteiger partial charge in [0.25, 0.3) is 10.0 Å². The second-order valence-electron chi connectivity index (χ2n) is 5.13. The minimum atomic E-state index is -3.90. The summed E-state index contributed by atoms with van der Waals surface area (Å²) in [5, 5.41) is 4.14. The van der Waals surface area contributed by atoms with Crippen LogP contribution in [0.1, 0.15) is 12.5 Å². The molecule has 3 rings (SSSR count). The maximum Gasteiger partial charge on any atom is 0.262 e. The number of halogens is 1. The highest BCUT2D eigenvalue weighted by molar-refractivity contribution is 7.92. The lowest BCUT2D eigenvalue weighted by molar-refractivity contribution is 0.184. The van der Waals surface area contributed by atoms with Gasteiger partial charge in [-0.05, 0) is 24.6 Å². The summed E-state index contributed by atoms with van der Waals surface area (Å²) in [5.74, 6) is -0.757. The van der Waals surface area contributed by atoms with Gasteiger partial charge in [0, 0.05) is 12.8 Å². The predicted octanol–water partition coefficient (Wildman–Crippen LogP) is 1.79. The first kappa shape index (κ1) is 15.8. The highest BCUT2D eigenvalue weighted by Gasteiger charge is 2.21. The SMILES string of the molecule is COc1ccc(S(=O)(=O)Nc2cnn(C3CCOC3)c2)cc1F. The Morgan fingerprint density at radius 3 is 2.96 bits per heavy atom. The largest absolute Gasteiger partial charge is 0.494 e. The van der Waals surface area contributed by atoms with E-state index in [9.17, 15) is 12.8 Å². The third-order valence-corrected chi connectivity index (χ3v) is 4.95. The molecule has 2 heterocycles.